The number of carbonyl (C=O) groups excluding carboxylic acids is 1. The van der Waals surface area contributed by atoms with Crippen molar-refractivity contribution in [2.24, 2.45) is 0 Å². The van der Waals surface area contributed by atoms with Gasteiger partial charge >= 0.3 is 0 Å². The monoisotopic (exact) mass is 408 g/mol. The van der Waals surface area contributed by atoms with E-state index in [0.29, 0.717) is 30.3 Å². The third kappa shape index (κ3) is 3.81. The molecule has 1 atom stereocenters. The predicted octanol–water partition coefficient (Wildman–Crippen LogP) is 2.61. The number of carbonyl (C=O) groups is 1. The number of fused-ring (bicyclic) bond motifs is 1. The fourth-order valence-corrected chi connectivity index (χ4v) is 3.46. The molecule has 0 saturated carbocycles. The van der Waals surface area contributed by atoms with Crippen LogP contribution in [0.4, 0.5) is 0 Å². The Morgan fingerprint density at radius 2 is 1.80 bits per heavy atom. The Bertz CT molecular complexity index is 1050. The molecule has 0 bridgehead atoms. The Hall–Kier alpha value is -3.52. The molecule has 1 aliphatic heterocycles. The summed E-state index contributed by atoms with van der Waals surface area (Å²) in [5.74, 6) is 2.00. The Morgan fingerprint density at radius 1 is 1.03 bits per heavy atom. The fourth-order valence-electron chi connectivity index (χ4n) is 3.46. The second-order valence-electron chi connectivity index (χ2n) is 6.88. The number of methoxy groups -OCH3 is 3. The van der Waals surface area contributed by atoms with Crippen LogP contribution in [0.15, 0.2) is 48.5 Å². The molecule has 8 heteroatoms. The van der Waals surface area contributed by atoms with Gasteiger partial charge in [0, 0.05) is 12.1 Å². The molecule has 2 N–H and O–H groups in total. The molecule has 1 amide bonds. The standard InChI is InChI=1S/C22H24N4O4/c1-28-16-7-5-15(6-8-16)17-11-18-22(27)24-13-21(26(18)25-17)23-12-14-4-9-19(29-2)20(10-14)30-3/h4-11,21,23H,12-13H2,1-3H3,(H,24,27)/t21-/m0/s1. The minimum Gasteiger partial charge on any atom is -0.497 e. The zero-order chi connectivity index (χ0) is 21.1. The van der Waals surface area contributed by atoms with Crippen molar-refractivity contribution in [2.75, 3.05) is 27.9 Å². The lowest BCUT2D eigenvalue weighted by atomic mass is 10.1. The van der Waals surface area contributed by atoms with Crippen molar-refractivity contribution in [3.8, 4) is 28.5 Å². The topological polar surface area (TPSA) is 86.6 Å². The van der Waals surface area contributed by atoms with Crippen molar-refractivity contribution < 1.29 is 19.0 Å². The van der Waals surface area contributed by atoms with E-state index in [1.54, 1.807) is 32.1 Å². The highest BCUT2D eigenvalue weighted by Gasteiger charge is 2.27. The van der Waals surface area contributed by atoms with Gasteiger partial charge in [-0.2, -0.15) is 5.10 Å². The number of hydrogen-bond donors (Lipinski definition) is 2. The molecule has 3 aromatic rings. The third-order valence-corrected chi connectivity index (χ3v) is 5.10. The van der Waals surface area contributed by atoms with Gasteiger partial charge in [-0.1, -0.05) is 6.07 Å². The van der Waals surface area contributed by atoms with Gasteiger partial charge in [-0.05, 0) is 48.0 Å². The van der Waals surface area contributed by atoms with Gasteiger partial charge in [0.2, 0.25) is 0 Å². The number of nitrogens with one attached hydrogen (secondary N) is 2. The summed E-state index contributed by atoms with van der Waals surface area (Å²) in [5, 5.41) is 11.1. The molecule has 0 unspecified atom stereocenters. The van der Waals surface area contributed by atoms with Gasteiger partial charge in [0.05, 0.1) is 33.6 Å². The minimum absolute atomic E-state index is 0.133. The smallest absolute Gasteiger partial charge is 0.269 e. The van der Waals surface area contributed by atoms with Crippen LogP contribution >= 0.6 is 0 Å². The molecule has 0 saturated heterocycles. The lowest BCUT2D eigenvalue weighted by Gasteiger charge is -2.26. The van der Waals surface area contributed by atoms with Crippen LogP contribution in [0, 0.1) is 0 Å². The Kier molecular flexibility index (Phi) is 5.58. The molecule has 0 aliphatic carbocycles. The van der Waals surface area contributed by atoms with E-state index < -0.39 is 0 Å². The van der Waals surface area contributed by atoms with Crippen LogP contribution < -0.4 is 24.8 Å². The van der Waals surface area contributed by atoms with Crippen LogP contribution in [0.2, 0.25) is 0 Å². The zero-order valence-corrected chi connectivity index (χ0v) is 17.1. The second kappa shape index (κ2) is 8.46. The van der Waals surface area contributed by atoms with Crippen molar-refractivity contribution in [1.29, 1.82) is 0 Å². The van der Waals surface area contributed by atoms with E-state index in [1.165, 1.54) is 0 Å². The van der Waals surface area contributed by atoms with Gasteiger partial charge in [0.25, 0.3) is 5.91 Å². The van der Waals surface area contributed by atoms with Crippen LogP contribution in [0.1, 0.15) is 22.2 Å². The molecular weight excluding hydrogens is 384 g/mol. The maximum atomic E-state index is 12.4. The lowest BCUT2D eigenvalue weighted by molar-refractivity contribution is 0.0900. The van der Waals surface area contributed by atoms with Gasteiger partial charge in [0.15, 0.2) is 11.5 Å². The highest BCUT2D eigenvalue weighted by Crippen LogP contribution is 2.28. The van der Waals surface area contributed by atoms with Gasteiger partial charge in [-0.15, -0.1) is 0 Å². The normalized spacial score (nSPS) is 15.3. The van der Waals surface area contributed by atoms with E-state index >= 15 is 0 Å². The van der Waals surface area contributed by atoms with E-state index in [0.717, 1.165) is 22.6 Å². The van der Waals surface area contributed by atoms with E-state index in [-0.39, 0.29) is 12.1 Å². The Labute approximate surface area is 174 Å². The van der Waals surface area contributed by atoms with E-state index in [2.05, 4.69) is 15.7 Å². The van der Waals surface area contributed by atoms with Crippen molar-refractivity contribution in [3.63, 3.8) is 0 Å². The van der Waals surface area contributed by atoms with Gasteiger partial charge in [0.1, 0.15) is 17.6 Å². The molecule has 2 aromatic carbocycles. The minimum atomic E-state index is -0.169. The first-order valence-corrected chi connectivity index (χ1v) is 9.59. The molecule has 1 aromatic heterocycles. The van der Waals surface area contributed by atoms with Crippen molar-refractivity contribution in [2.45, 2.75) is 12.7 Å². The summed E-state index contributed by atoms with van der Waals surface area (Å²) in [5.41, 5.74) is 3.22. The van der Waals surface area contributed by atoms with Crippen LogP contribution in [0.25, 0.3) is 11.3 Å². The highest BCUT2D eigenvalue weighted by atomic mass is 16.5. The molecule has 156 valence electrons. The van der Waals surface area contributed by atoms with Gasteiger partial charge in [-0.25, -0.2) is 4.68 Å². The first-order chi connectivity index (χ1) is 14.6. The van der Waals surface area contributed by atoms with Gasteiger partial charge in [-0.3, -0.25) is 10.1 Å². The molecule has 0 radical (unpaired) electrons. The molecule has 4 rings (SSSR count). The van der Waals surface area contributed by atoms with Crippen LogP contribution in [0.3, 0.4) is 0 Å². The molecular formula is C22H24N4O4. The molecule has 2 heterocycles. The predicted molar refractivity (Wildman–Crippen MR) is 112 cm³/mol. The molecule has 30 heavy (non-hydrogen) atoms. The second-order valence-corrected chi connectivity index (χ2v) is 6.88. The maximum Gasteiger partial charge on any atom is 0.269 e. The summed E-state index contributed by atoms with van der Waals surface area (Å²) in [6.07, 6.45) is -0.169. The number of rotatable bonds is 7. The summed E-state index contributed by atoms with van der Waals surface area (Å²) in [4.78, 5) is 12.4. The Balaban J connectivity index is 1.54. The molecule has 8 nitrogen and oxygen atoms in total. The molecule has 1 aliphatic rings. The number of amides is 1. The summed E-state index contributed by atoms with van der Waals surface area (Å²) >= 11 is 0. The van der Waals surface area contributed by atoms with Crippen molar-refractivity contribution in [3.05, 3.63) is 59.8 Å². The van der Waals surface area contributed by atoms with E-state index in [1.807, 2.05) is 42.5 Å². The van der Waals surface area contributed by atoms with Crippen LogP contribution in [-0.4, -0.2) is 43.6 Å². The van der Waals surface area contributed by atoms with Gasteiger partial charge < -0.3 is 19.5 Å². The lowest BCUT2D eigenvalue weighted by Crippen LogP contribution is -2.45. The SMILES string of the molecule is COc1ccc(-c2cc3n(n2)[C@H](NCc2ccc(OC)c(OC)c2)CNC3=O)cc1. The van der Waals surface area contributed by atoms with Crippen LogP contribution in [-0.2, 0) is 6.54 Å². The quantitative estimate of drug-likeness (QED) is 0.625. The number of aromatic nitrogens is 2. The zero-order valence-electron chi connectivity index (χ0n) is 17.1. The molecule has 0 spiro atoms. The Morgan fingerprint density at radius 3 is 2.50 bits per heavy atom. The largest absolute Gasteiger partial charge is 0.497 e. The maximum absolute atomic E-state index is 12.4. The summed E-state index contributed by atoms with van der Waals surface area (Å²) in [6.45, 7) is 1.03. The number of benzene rings is 2. The third-order valence-electron chi connectivity index (χ3n) is 5.10. The van der Waals surface area contributed by atoms with E-state index in [4.69, 9.17) is 14.2 Å². The summed E-state index contributed by atoms with van der Waals surface area (Å²) in [6, 6.07) is 15.2. The number of ether oxygens (including phenoxy) is 3. The summed E-state index contributed by atoms with van der Waals surface area (Å²) < 4.78 is 17.6. The first-order valence-electron chi connectivity index (χ1n) is 9.59. The van der Waals surface area contributed by atoms with Crippen molar-refractivity contribution >= 4 is 5.91 Å². The number of nitrogens with zero attached hydrogens (tertiary/aromatic N) is 2. The summed E-state index contributed by atoms with van der Waals surface area (Å²) in [7, 11) is 4.85. The average Bonchev–Trinajstić information content (AvgIpc) is 3.25. The molecule has 0 fully saturated rings. The van der Waals surface area contributed by atoms with Crippen molar-refractivity contribution in [1.82, 2.24) is 20.4 Å². The first kappa shape index (κ1) is 19.8. The average molecular weight is 408 g/mol. The van der Waals surface area contributed by atoms with E-state index in [9.17, 15) is 4.79 Å². The fraction of sp³-hybridized carbons (Fsp3) is 0.273. The number of hydrogen-bond acceptors (Lipinski definition) is 6. The van der Waals surface area contributed by atoms with Crippen LogP contribution in [0.5, 0.6) is 17.2 Å². The highest BCUT2D eigenvalue weighted by molar-refractivity contribution is 5.94.